The van der Waals surface area contributed by atoms with Crippen LogP contribution in [0.1, 0.15) is 23.2 Å². The molecule has 1 amide bonds. The Hall–Kier alpha value is -1.13. The highest BCUT2D eigenvalue weighted by molar-refractivity contribution is 6.29. The van der Waals surface area contributed by atoms with E-state index < -0.39 is 0 Å². The zero-order chi connectivity index (χ0) is 12.3. The van der Waals surface area contributed by atoms with Crippen LogP contribution in [0.2, 0.25) is 5.15 Å². The molecule has 1 aliphatic carbocycles. The number of carbonyl (C=O) groups excluding carboxylic acids is 1. The summed E-state index contributed by atoms with van der Waals surface area (Å²) in [4.78, 5) is 17.9. The predicted molar refractivity (Wildman–Crippen MR) is 67.2 cm³/mol. The number of halogens is 1. The third kappa shape index (κ3) is 3.68. The molecule has 0 atom stereocenters. The summed E-state index contributed by atoms with van der Waals surface area (Å²) in [7, 11) is 2.09. The van der Waals surface area contributed by atoms with Gasteiger partial charge in [-0.25, -0.2) is 4.98 Å². The van der Waals surface area contributed by atoms with Crippen molar-refractivity contribution in [2.75, 3.05) is 20.1 Å². The second kappa shape index (κ2) is 5.47. The van der Waals surface area contributed by atoms with Crippen LogP contribution in [0.15, 0.2) is 18.3 Å². The van der Waals surface area contributed by atoms with E-state index in [-0.39, 0.29) is 5.91 Å². The number of rotatable bonds is 5. The smallest absolute Gasteiger partial charge is 0.252 e. The standard InChI is InChI=1S/C12H16ClN3O/c1-16(10-3-4-10)7-6-14-12(17)9-2-5-11(13)15-8-9/h2,5,8,10H,3-4,6-7H2,1H3,(H,14,17). The number of hydrogen-bond donors (Lipinski definition) is 1. The first kappa shape index (κ1) is 12.3. The first-order valence-corrected chi connectivity index (χ1v) is 6.14. The van der Waals surface area contributed by atoms with E-state index in [1.165, 1.54) is 19.0 Å². The second-order valence-corrected chi connectivity index (χ2v) is 4.72. The summed E-state index contributed by atoms with van der Waals surface area (Å²) < 4.78 is 0. The predicted octanol–water partition coefficient (Wildman–Crippen LogP) is 1.56. The molecule has 0 aliphatic heterocycles. The van der Waals surface area contributed by atoms with Gasteiger partial charge in [0.15, 0.2) is 0 Å². The van der Waals surface area contributed by atoms with Gasteiger partial charge in [0, 0.05) is 25.3 Å². The average molecular weight is 254 g/mol. The molecular formula is C12H16ClN3O. The van der Waals surface area contributed by atoms with Crippen molar-refractivity contribution in [1.82, 2.24) is 15.2 Å². The molecule has 17 heavy (non-hydrogen) atoms. The molecule has 1 fully saturated rings. The van der Waals surface area contributed by atoms with E-state index in [1.54, 1.807) is 12.1 Å². The van der Waals surface area contributed by atoms with E-state index in [0.29, 0.717) is 17.3 Å². The molecule has 1 aromatic rings. The van der Waals surface area contributed by atoms with Gasteiger partial charge in [-0.1, -0.05) is 11.6 Å². The first-order chi connectivity index (χ1) is 8.16. The van der Waals surface area contributed by atoms with E-state index in [9.17, 15) is 4.79 Å². The molecule has 1 aromatic heterocycles. The molecule has 1 N–H and O–H groups in total. The summed E-state index contributed by atoms with van der Waals surface area (Å²) in [5.74, 6) is -0.0987. The van der Waals surface area contributed by atoms with Gasteiger partial charge < -0.3 is 10.2 Å². The minimum atomic E-state index is -0.0987. The van der Waals surface area contributed by atoms with Crippen LogP contribution >= 0.6 is 11.6 Å². The lowest BCUT2D eigenvalue weighted by Crippen LogP contribution is -2.33. The fraction of sp³-hybridized carbons (Fsp3) is 0.500. The van der Waals surface area contributed by atoms with Gasteiger partial charge in [-0.2, -0.15) is 0 Å². The lowest BCUT2D eigenvalue weighted by Gasteiger charge is -2.15. The van der Waals surface area contributed by atoms with Crippen LogP contribution in [0.4, 0.5) is 0 Å². The zero-order valence-electron chi connectivity index (χ0n) is 9.82. The Bertz CT molecular complexity index is 389. The number of aromatic nitrogens is 1. The van der Waals surface area contributed by atoms with E-state index in [2.05, 4.69) is 22.2 Å². The van der Waals surface area contributed by atoms with Gasteiger partial charge in [0.1, 0.15) is 5.15 Å². The molecule has 1 heterocycles. The maximum atomic E-state index is 11.7. The third-order valence-corrected chi connectivity index (χ3v) is 3.13. The molecule has 0 bridgehead atoms. The largest absolute Gasteiger partial charge is 0.351 e. The highest BCUT2D eigenvalue weighted by Crippen LogP contribution is 2.24. The summed E-state index contributed by atoms with van der Waals surface area (Å²) in [6, 6.07) is 4.02. The van der Waals surface area contributed by atoms with Crippen LogP contribution in [0, 0.1) is 0 Å². The molecule has 92 valence electrons. The van der Waals surface area contributed by atoms with Crippen molar-refractivity contribution in [1.29, 1.82) is 0 Å². The molecule has 4 nitrogen and oxygen atoms in total. The average Bonchev–Trinajstić information content (AvgIpc) is 3.13. The van der Waals surface area contributed by atoms with Gasteiger partial charge >= 0.3 is 0 Å². The lowest BCUT2D eigenvalue weighted by atomic mass is 10.3. The molecule has 1 saturated carbocycles. The van der Waals surface area contributed by atoms with Crippen LogP contribution in [0.25, 0.3) is 0 Å². The molecule has 0 radical (unpaired) electrons. The van der Waals surface area contributed by atoms with Gasteiger partial charge in [0.2, 0.25) is 0 Å². The number of nitrogens with one attached hydrogen (secondary N) is 1. The van der Waals surface area contributed by atoms with Crippen LogP contribution < -0.4 is 5.32 Å². The van der Waals surface area contributed by atoms with Crippen molar-refractivity contribution >= 4 is 17.5 Å². The zero-order valence-corrected chi connectivity index (χ0v) is 10.6. The summed E-state index contributed by atoms with van der Waals surface area (Å²) >= 11 is 5.65. The van der Waals surface area contributed by atoms with Gasteiger partial charge in [-0.3, -0.25) is 4.79 Å². The van der Waals surface area contributed by atoms with Gasteiger partial charge in [0.05, 0.1) is 5.56 Å². The molecule has 0 unspecified atom stereocenters. The normalized spacial score (nSPS) is 15.0. The number of likely N-dealkylation sites (N-methyl/N-ethyl adjacent to an activating group) is 1. The van der Waals surface area contributed by atoms with E-state index >= 15 is 0 Å². The fourth-order valence-electron chi connectivity index (χ4n) is 1.66. The molecular weight excluding hydrogens is 238 g/mol. The van der Waals surface area contributed by atoms with Crippen molar-refractivity contribution in [3.8, 4) is 0 Å². The van der Waals surface area contributed by atoms with Crippen LogP contribution in [0.3, 0.4) is 0 Å². The Balaban J connectivity index is 1.74. The number of carbonyl (C=O) groups is 1. The van der Waals surface area contributed by atoms with E-state index in [1.807, 2.05) is 0 Å². The minimum Gasteiger partial charge on any atom is -0.351 e. The topological polar surface area (TPSA) is 45.2 Å². The van der Waals surface area contributed by atoms with Crippen molar-refractivity contribution < 1.29 is 4.79 Å². The maximum absolute atomic E-state index is 11.7. The number of amides is 1. The molecule has 5 heteroatoms. The van der Waals surface area contributed by atoms with Crippen LogP contribution in [-0.4, -0.2) is 42.0 Å². The Morgan fingerprint density at radius 1 is 1.59 bits per heavy atom. The SMILES string of the molecule is CN(CCNC(=O)c1ccc(Cl)nc1)C1CC1. The molecule has 2 rings (SSSR count). The number of pyridine rings is 1. The van der Waals surface area contributed by atoms with E-state index in [4.69, 9.17) is 11.6 Å². The second-order valence-electron chi connectivity index (χ2n) is 4.34. The summed E-state index contributed by atoms with van der Waals surface area (Å²) in [6.07, 6.45) is 4.05. The Kier molecular flexibility index (Phi) is 3.97. The molecule has 0 saturated heterocycles. The van der Waals surface area contributed by atoms with Gasteiger partial charge in [0.25, 0.3) is 5.91 Å². The Morgan fingerprint density at radius 3 is 2.94 bits per heavy atom. The van der Waals surface area contributed by atoms with Crippen LogP contribution in [0.5, 0.6) is 0 Å². The highest BCUT2D eigenvalue weighted by atomic mass is 35.5. The highest BCUT2D eigenvalue weighted by Gasteiger charge is 2.25. The quantitative estimate of drug-likeness (QED) is 0.810. The Labute approximate surface area is 106 Å². The van der Waals surface area contributed by atoms with Crippen molar-refractivity contribution in [3.63, 3.8) is 0 Å². The molecule has 0 aromatic carbocycles. The van der Waals surface area contributed by atoms with Crippen molar-refractivity contribution in [2.24, 2.45) is 0 Å². The Morgan fingerprint density at radius 2 is 2.35 bits per heavy atom. The minimum absolute atomic E-state index is 0.0987. The number of hydrogen-bond acceptors (Lipinski definition) is 3. The first-order valence-electron chi connectivity index (χ1n) is 5.77. The van der Waals surface area contributed by atoms with Crippen LogP contribution in [-0.2, 0) is 0 Å². The third-order valence-electron chi connectivity index (χ3n) is 2.91. The molecule has 0 spiro atoms. The van der Waals surface area contributed by atoms with E-state index in [0.717, 1.165) is 12.6 Å². The van der Waals surface area contributed by atoms with Crippen molar-refractivity contribution in [2.45, 2.75) is 18.9 Å². The van der Waals surface area contributed by atoms with Crippen molar-refractivity contribution in [3.05, 3.63) is 29.0 Å². The fourth-order valence-corrected chi connectivity index (χ4v) is 1.77. The number of nitrogens with zero attached hydrogens (tertiary/aromatic N) is 2. The summed E-state index contributed by atoms with van der Waals surface area (Å²) in [5, 5.41) is 3.27. The maximum Gasteiger partial charge on any atom is 0.252 e. The summed E-state index contributed by atoms with van der Waals surface area (Å²) in [6.45, 7) is 1.55. The lowest BCUT2D eigenvalue weighted by molar-refractivity contribution is 0.0949. The monoisotopic (exact) mass is 253 g/mol. The van der Waals surface area contributed by atoms with Gasteiger partial charge in [-0.05, 0) is 32.0 Å². The molecule has 1 aliphatic rings. The summed E-state index contributed by atoms with van der Waals surface area (Å²) in [5.41, 5.74) is 0.545. The van der Waals surface area contributed by atoms with Gasteiger partial charge in [-0.15, -0.1) is 0 Å².